The van der Waals surface area contributed by atoms with Crippen LogP contribution in [0.2, 0.25) is 0 Å². The second-order valence-electron chi connectivity index (χ2n) is 6.31. The van der Waals surface area contributed by atoms with E-state index in [0.29, 0.717) is 44.2 Å². The third-order valence-corrected chi connectivity index (χ3v) is 5.55. The molecule has 148 valence electrons. The maximum atomic E-state index is 12.5. The fraction of sp³-hybridized carbons (Fsp3) is 0.350. The Labute approximate surface area is 168 Å². The first-order chi connectivity index (χ1) is 13.6. The van der Waals surface area contributed by atoms with Crippen LogP contribution in [0.15, 0.2) is 53.4 Å². The number of carbonyl (C=O) groups excluding carboxylic acids is 1. The zero-order valence-electron chi connectivity index (χ0n) is 15.7. The van der Waals surface area contributed by atoms with E-state index in [4.69, 9.17) is 4.74 Å². The van der Waals surface area contributed by atoms with Gasteiger partial charge in [-0.05, 0) is 37.3 Å². The highest BCUT2D eigenvalue weighted by molar-refractivity contribution is 8.00. The second kappa shape index (κ2) is 9.45. The number of rotatable bonds is 7. The van der Waals surface area contributed by atoms with Crippen LogP contribution in [0.3, 0.4) is 0 Å². The average Bonchev–Trinajstić information content (AvgIpc) is 2.73. The Kier molecular flexibility index (Phi) is 6.76. The fourth-order valence-corrected chi connectivity index (χ4v) is 3.92. The van der Waals surface area contributed by atoms with Crippen molar-refractivity contribution >= 4 is 29.0 Å². The zero-order valence-corrected chi connectivity index (χ0v) is 16.6. The molecule has 0 saturated carbocycles. The minimum Gasteiger partial charge on any atom is -0.494 e. The lowest BCUT2D eigenvalue weighted by atomic mass is 10.2. The second-order valence-corrected chi connectivity index (χ2v) is 7.36. The molecule has 0 aromatic heterocycles. The predicted molar refractivity (Wildman–Crippen MR) is 110 cm³/mol. The van der Waals surface area contributed by atoms with Crippen LogP contribution in [0.4, 0.5) is 11.4 Å². The number of ether oxygens (including phenoxy) is 1. The lowest BCUT2D eigenvalue weighted by molar-refractivity contribution is -0.384. The lowest BCUT2D eigenvalue weighted by Gasteiger charge is -2.35. The summed E-state index contributed by atoms with van der Waals surface area (Å²) < 4.78 is 5.42. The summed E-state index contributed by atoms with van der Waals surface area (Å²) in [7, 11) is 0. The van der Waals surface area contributed by atoms with Gasteiger partial charge in [-0.15, -0.1) is 11.8 Å². The molecule has 0 radical (unpaired) electrons. The molecule has 3 rings (SSSR count). The normalized spacial score (nSPS) is 14.0. The van der Waals surface area contributed by atoms with Gasteiger partial charge in [0, 0.05) is 37.1 Å². The number of nitro groups is 1. The van der Waals surface area contributed by atoms with Gasteiger partial charge in [-0.2, -0.15) is 0 Å². The van der Waals surface area contributed by atoms with E-state index >= 15 is 0 Å². The zero-order chi connectivity index (χ0) is 19.9. The average molecular weight is 401 g/mol. The van der Waals surface area contributed by atoms with Crippen LogP contribution in [0.5, 0.6) is 5.75 Å². The van der Waals surface area contributed by atoms with Crippen molar-refractivity contribution in [2.24, 2.45) is 0 Å². The number of anilines is 1. The van der Waals surface area contributed by atoms with Gasteiger partial charge in [-0.25, -0.2) is 0 Å². The summed E-state index contributed by atoms with van der Waals surface area (Å²) in [5.41, 5.74) is 0.719. The lowest BCUT2D eigenvalue weighted by Crippen LogP contribution is -2.49. The van der Waals surface area contributed by atoms with Crippen molar-refractivity contribution in [1.82, 2.24) is 4.90 Å². The molecule has 2 aromatic carbocycles. The van der Waals surface area contributed by atoms with Gasteiger partial charge in [-0.3, -0.25) is 14.9 Å². The monoisotopic (exact) mass is 401 g/mol. The van der Waals surface area contributed by atoms with E-state index in [1.165, 1.54) is 17.8 Å². The molecular formula is C20H23N3O4S. The van der Waals surface area contributed by atoms with Gasteiger partial charge >= 0.3 is 0 Å². The van der Waals surface area contributed by atoms with Gasteiger partial charge in [0.1, 0.15) is 11.4 Å². The van der Waals surface area contributed by atoms with Crippen LogP contribution >= 0.6 is 11.8 Å². The maximum absolute atomic E-state index is 12.5. The number of para-hydroxylation sites is 2. The predicted octanol–water partition coefficient (Wildman–Crippen LogP) is 3.43. The summed E-state index contributed by atoms with van der Waals surface area (Å²) in [6.45, 7) is 4.87. The molecule has 2 aromatic rings. The van der Waals surface area contributed by atoms with Crippen LogP contribution in [0.25, 0.3) is 0 Å². The van der Waals surface area contributed by atoms with Crippen LogP contribution in [0.1, 0.15) is 6.92 Å². The van der Waals surface area contributed by atoms with Crippen molar-refractivity contribution in [3.8, 4) is 5.75 Å². The topological polar surface area (TPSA) is 75.9 Å². The Morgan fingerprint density at radius 1 is 1.11 bits per heavy atom. The van der Waals surface area contributed by atoms with Crippen LogP contribution in [-0.4, -0.2) is 54.3 Å². The summed E-state index contributed by atoms with van der Waals surface area (Å²) in [5, 5.41) is 11.2. The summed E-state index contributed by atoms with van der Waals surface area (Å²) in [4.78, 5) is 28.2. The number of amides is 1. The SMILES string of the molecule is CCOc1ccc(SCC(=O)N2CCN(c3ccccc3[N+](=O)[O-])CC2)cc1. The Morgan fingerprint density at radius 2 is 1.79 bits per heavy atom. The third-order valence-electron chi connectivity index (χ3n) is 4.55. The molecule has 28 heavy (non-hydrogen) atoms. The number of nitrogens with zero attached hydrogens (tertiary/aromatic N) is 3. The molecule has 0 bridgehead atoms. The number of nitro benzene ring substituents is 1. The quantitative estimate of drug-likeness (QED) is 0.402. The number of carbonyl (C=O) groups is 1. The first-order valence-electron chi connectivity index (χ1n) is 9.20. The van der Waals surface area contributed by atoms with Gasteiger partial charge in [0.2, 0.25) is 5.91 Å². The summed E-state index contributed by atoms with van der Waals surface area (Å²) in [6, 6.07) is 14.5. The molecule has 0 atom stereocenters. The van der Waals surface area contributed by atoms with Gasteiger partial charge in [-0.1, -0.05) is 12.1 Å². The summed E-state index contributed by atoms with van der Waals surface area (Å²) in [6.07, 6.45) is 0. The molecule has 7 nitrogen and oxygen atoms in total. The van der Waals surface area contributed by atoms with Crippen molar-refractivity contribution in [3.05, 3.63) is 58.6 Å². The molecule has 8 heteroatoms. The molecule has 0 unspecified atom stereocenters. The standard InChI is InChI=1S/C20H23N3O4S/c1-2-27-16-7-9-17(10-8-16)28-15-20(24)22-13-11-21(12-14-22)18-5-3-4-6-19(18)23(25)26/h3-10H,2,11-15H2,1H3. The minimum atomic E-state index is -0.361. The van der Waals surface area contributed by atoms with Crippen LogP contribution < -0.4 is 9.64 Å². The van der Waals surface area contributed by atoms with E-state index in [0.717, 1.165) is 10.6 Å². The molecule has 1 aliphatic heterocycles. The smallest absolute Gasteiger partial charge is 0.292 e. The van der Waals surface area contributed by atoms with Crippen molar-refractivity contribution < 1.29 is 14.5 Å². The maximum Gasteiger partial charge on any atom is 0.292 e. The van der Waals surface area contributed by atoms with E-state index in [9.17, 15) is 14.9 Å². The van der Waals surface area contributed by atoms with E-state index in [2.05, 4.69) is 0 Å². The molecule has 1 aliphatic rings. The highest BCUT2D eigenvalue weighted by Crippen LogP contribution is 2.28. The van der Waals surface area contributed by atoms with Crippen molar-refractivity contribution in [2.75, 3.05) is 43.4 Å². The van der Waals surface area contributed by atoms with Crippen molar-refractivity contribution in [1.29, 1.82) is 0 Å². The Hall–Kier alpha value is -2.74. The number of hydrogen-bond acceptors (Lipinski definition) is 6. The largest absolute Gasteiger partial charge is 0.494 e. The highest BCUT2D eigenvalue weighted by Gasteiger charge is 2.25. The van der Waals surface area contributed by atoms with Crippen LogP contribution in [0, 0.1) is 10.1 Å². The third kappa shape index (κ3) is 4.95. The minimum absolute atomic E-state index is 0.0843. The fourth-order valence-electron chi connectivity index (χ4n) is 3.12. The number of thioether (sulfide) groups is 1. The molecule has 0 spiro atoms. The van der Waals surface area contributed by atoms with Gasteiger partial charge in [0.15, 0.2) is 0 Å². The molecule has 0 aliphatic carbocycles. The Morgan fingerprint density at radius 3 is 2.43 bits per heavy atom. The highest BCUT2D eigenvalue weighted by atomic mass is 32.2. The van der Waals surface area contributed by atoms with E-state index < -0.39 is 0 Å². The first-order valence-corrected chi connectivity index (χ1v) is 10.2. The van der Waals surface area contributed by atoms with Crippen molar-refractivity contribution in [3.63, 3.8) is 0 Å². The Balaban J connectivity index is 1.51. The van der Waals surface area contributed by atoms with Crippen molar-refractivity contribution in [2.45, 2.75) is 11.8 Å². The molecule has 1 heterocycles. The van der Waals surface area contributed by atoms with E-state index in [1.807, 2.05) is 41.0 Å². The first kappa shape index (κ1) is 20.0. The molecular weight excluding hydrogens is 378 g/mol. The molecule has 1 amide bonds. The molecule has 1 saturated heterocycles. The van der Waals surface area contributed by atoms with Gasteiger partial charge in [0.25, 0.3) is 5.69 Å². The van der Waals surface area contributed by atoms with E-state index in [1.54, 1.807) is 18.2 Å². The number of piperazine rings is 1. The molecule has 1 fully saturated rings. The summed E-state index contributed by atoms with van der Waals surface area (Å²) in [5.74, 6) is 1.28. The van der Waals surface area contributed by atoms with E-state index in [-0.39, 0.29) is 16.5 Å². The Bertz CT molecular complexity index is 820. The molecule has 0 N–H and O–H groups in total. The van der Waals surface area contributed by atoms with Gasteiger partial charge in [0.05, 0.1) is 17.3 Å². The number of hydrogen-bond donors (Lipinski definition) is 0. The van der Waals surface area contributed by atoms with Gasteiger partial charge < -0.3 is 14.5 Å². The van der Waals surface area contributed by atoms with Crippen LogP contribution in [-0.2, 0) is 4.79 Å². The number of benzene rings is 2. The summed E-state index contributed by atoms with van der Waals surface area (Å²) >= 11 is 1.50.